The minimum absolute atomic E-state index is 0.0621. The highest BCUT2D eigenvalue weighted by Crippen LogP contribution is 2.40. The summed E-state index contributed by atoms with van der Waals surface area (Å²) in [6.45, 7) is 0.0306. The van der Waals surface area contributed by atoms with E-state index < -0.39 is 21.0 Å². The molecule has 158 valence electrons. The molecule has 1 aliphatic rings. The highest BCUT2D eigenvalue weighted by atomic mass is 35.5. The van der Waals surface area contributed by atoms with Crippen LogP contribution in [0.4, 0.5) is 0 Å². The second kappa shape index (κ2) is 9.69. The van der Waals surface area contributed by atoms with E-state index in [0.29, 0.717) is 10.8 Å². The third kappa shape index (κ3) is 5.07. The molecule has 0 spiro atoms. The molecule has 3 atom stereocenters. The number of halogens is 2. The second-order valence-corrected chi connectivity index (χ2v) is 10.1. The Bertz CT molecular complexity index is 1050. The lowest BCUT2D eigenvalue weighted by molar-refractivity contribution is -0.126. The minimum Gasteiger partial charge on any atom is -0.493 e. The fourth-order valence-electron chi connectivity index (χ4n) is 3.68. The van der Waals surface area contributed by atoms with Crippen molar-refractivity contribution in [2.75, 3.05) is 13.2 Å². The largest absolute Gasteiger partial charge is 0.493 e. The molecule has 3 rings (SSSR count). The molecule has 1 N–H and O–H groups in total. The van der Waals surface area contributed by atoms with E-state index in [1.807, 2.05) is 6.07 Å². The molecule has 2 aromatic rings. The van der Waals surface area contributed by atoms with Gasteiger partial charge in [0.05, 0.1) is 27.8 Å². The van der Waals surface area contributed by atoms with Crippen molar-refractivity contribution in [2.45, 2.75) is 23.0 Å². The average Bonchev–Trinajstić information content (AvgIpc) is 3.17. The Kier molecular flexibility index (Phi) is 7.24. The van der Waals surface area contributed by atoms with E-state index in [1.165, 1.54) is 12.1 Å². The minimum atomic E-state index is -3.73. The van der Waals surface area contributed by atoms with E-state index in [0.717, 1.165) is 0 Å². The summed E-state index contributed by atoms with van der Waals surface area (Å²) in [6.07, 6.45) is 0.394. The predicted molar refractivity (Wildman–Crippen MR) is 114 cm³/mol. The molecule has 1 saturated carbocycles. The van der Waals surface area contributed by atoms with E-state index in [2.05, 4.69) is 5.32 Å². The number of amides is 1. The molecule has 3 unspecified atom stereocenters. The van der Waals surface area contributed by atoms with Crippen LogP contribution in [0.15, 0.2) is 53.4 Å². The molecule has 0 saturated heterocycles. The average molecular weight is 467 g/mol. The summed E-state index contributed by atoms with van der Waals surface area (Å²) in [7, 11) is -3.73. The first kappa shape index (κ1) is 22.4. The van der Waals surface area contributed by atoms with Crippen LogP contribution in [0, 0.1) is 23.2 Å². The normalized spacial score (nSPS) is 21.0. The summed E-state index contributed by atoms with van der Waals surface area (Å²) in [5, 5.41) is 11.2. The van der Waals surface area contributed by atoms with Crippen LogP contribution in [-0.2, 0) is 14.6 Å². The number of nitrogens with zero attached hydrogens (tertiary/aromatic N) is 1. The fourth-order valence-corrected chi connectivity index (χ4v) is 6.19. The Morgan fingerprint density at radius 2 is 1.83 bits per heavy atom. The van der Waals surface area contributed by atoms with E-state index in [9.17, 15) is 13.2 Å². The molecule has 1 amide bonds. The zero-order chi connectivity index (χ0) is 21.7. The van der Waals surface area contributed by atoms with Gasteiger partial charge in [-0.1, -0.05) is 35.3 Å². The highest BCUT2D eigenvalue weighted by Gasteiger charge is 2.45. The topological polar surface area (TPSA) is 96.3 Å². The van der Waals surface area contributed by atoms with Crippen LogP contribution in [0.3, 0.4) is 0 Å². The molecule has 6 nitrogen and oxygen atoms in total. The lowest BCUT2D eigenvalue weighted by Crippen LogP contribution is -2.34. The maximum absolute atomic E-state index is 13.2. The third-order valence-corrected chi connectivity index (χ3v) is 8.11. The number of sulfone groups is 1. The smallest absolute Gasteiger partial charge is 0.224 e. The first-order chi connectivity index (χ1) is 14.3. The zero-order valence-electron chi connectivity index (χ0n) is 15.9. The number of benzene rings is 2. The summed E-state index contributed by atoms with van der Waals surface area (Å²) in [5.74, 6) is -0.694. The van der Waals surface area contributed by atoms with Gasteiger partial charge in [-0.15, -0.1) is 0 Å². The number of nitrogens with one attached hydrogen (secondary N) is 1. The molecule has 30 heavy (non-hydrogen) atoms. The molecule has 0 bridgehead atoms. The van der Waals surface area contributed by atoms with E-state index in [1.54, 1.807) is 36.4 Å². The first-order valence-electron chi connectivity index (χ1n) is 9.34. The third-order valence-electron chi connectivity index (χ3n) is 5.19. The van der Waals surface area contributed by atoms with Crippen LogP contribution in [0.5, 0.6) is 5.75 Å². The summed E-state index contributed by atoms with van der Waals surface area (Å²) in [6, 6.07) is 14.9. The molecule has 0 radical (unpaired) electrons. The lowest BCUT2D eigenvalue weighted by Gasteiger charge is -2.18. The molecular weight excluding hydrogens is 447 g/mol. The van der Waals surface area contributed by atoms with Gasteiger partial charge < -0.3 is 10.1 Å². The van der Waals surface area contributed by atoms with Gasteiger partial charge >= 0.3 is 0 Å². The number of hydrogen-bond donors (Lipinski definition) is 1. The van der Waals surface area contributed by atoms with E-state index in [-0.39, 0.29) is 47.7 Å². The number of rotatable bonds is 7. The summed E-state index contributed by atoms with van der Waals surface area (Å²) in [5.41, 5.74) is 0. The Balaban J connectivity index is 1.80. The Hall–Kier alpha value is -2.27. The Morgan fingerprint density at radius 3 is 2.50 bits per heavy atom. The fraction of sp³-hybridized carbons (Fsp3) is 0.333. The maximum Gasteiger partial charge on any atom is 0.224 e. The number of ether oxygens (including phenoxy) is 1. The van der Waals surface area contributed by atoms with Crippen LogP contribution >= 0.6 is 23.2 Å². The summed E-state index contributed by atoms with van der Waals surface area (Å²) < 4.78 is 32.1. The van der Waals surface area contributed by atoms with E-state index in [4.69, 9.17) is 33.2 Å². The van der Waals surface area contributed by atoms with Gasteiger partial charge in [0, 0.05) is 16.9 Å². The van der Waals surface area contributed by atoms with Gasteiger partial charge in [0.1, 0.15) is 12.3 Å². The predicted octanol–water partition coefficient (Wildman–Crippen LogP) is 3.88. The SMILES string of the molecule is N#CCNC(=O)C1CC(S(=O)(=O)c2ccccc2Cl)CC1COc1ccc(Cl)cc1. The summed E-state index contributed by atoms with van der Waals surface area (Å²) in [4.78, 5) is 12.7. The summed E-state index contributed by atoms with van der Waals surface area (Å²) >= 11 is 12.0. The van der Waals surface area contributed by atoms with E-state index >= 15 is 0 Å². The number of nitriles is 1. The monoisotopic (exact) mass is 466 g/mol. The van der Waals surface area contributed by atoms with Crippen molar-refractivity contribution >= 4 is 38.9 Å². The van der Waals surface area contributed by atoms with Crippen molar-refractivity contribution in [3.05, 3.63) is 58.6 Å². The van der Waals surface area contributed by atoms with Gasteiger partial charge in [-0.05, 0) is 49.2 Å². The first-order valence-corrected chi connectivity index (χ1v) is 11.6. The molecule has 1 aliphatic carbocycles. The van der Waals surface area contributed by atoms with Crippen molar-refractivity contribution in [1.82, 2.24) is 5.32 Å². The van der Waals surface area contributed by atoms with Crippen molar-refractivity contribution < 1.29 is 17.9 Å². The maximum atomic E-state index is 13.2. The van der Waals surface area contributed by atoms with Crippen LogP contribution in [0.25, 0.3) is 0 Å². The van der Waals surface area contributed by atoms with Crippen LogP contribution in [-0.4, -0.2) is 32.7 Å². The van der Waals surface area contributed by atoms with Gasteiger partial charge in [-0.25, -0.2) is 8.42 Å². The van der Waals surface area contributed by atoms with Crippen LogP contribution < -0.4 is 10.1 Å². The Morgan fingerprint density at radius 1 is 1.13 bits per heavy atom. The molecule has 0 heterocycles. The van der Waals surface area contributed by atoms with Crippen LogP contribution in [0.1, 0.15) is 12.8 Å². The van der Waals surface area contributed by atoms with Gasteiger partial charge in [0.15, 0.2) is 9.84 Å². The van der Waals surface area contributed by atoms with Gasteiger partial charge in [-0.3, -0.25) is 4.79 Å². The molecule has 9 heteroatoms. The second-order valence-electron chi connectivity index (χ2n) is 7.08. The van der Waals surface area contributed by atoms with Crippen molar-refractivity contribution in [2.24, 2.45) is 11.8 Å². The Labute approximate surface area is 185 Å². The quantitative estimate of drug-likeness (QED) is 0.624. The molecule has 0 aliphatic heterocycles. The van der Waals surface area contributed by atoms with Gasteiger partial charge in [0.25, 0.3) is 0 Å². The van der Waals surface area contributed by atoms with Gasteiger partial charge in [0.2, 0.25) is 5.91 Å². The standard InChI is InChI=1S/C21H20Cl2N2O4S/c22-15-5-7-16(8-6-15)29-13-14-11-17(12-18(14)21(26)25-10-9-24)30(27,28)20-4-2-1-3-19(20)23/h1-8,14,17-18H,10-13H2,(H,25,26). The number of carbonyl (C=O) groups excluding carboxylic acids is 1. The van der Waals surface area contributed by atoms with Crippen molar-refractivity contribution in [3.63, 3.8) is 0 Å². The van der Waals surface area contributed by atoms with Gasteiger partial charge in [-0.2, -0.15) is 5.26 Å². The highest BCUT2D eigenvalue weighted by molar-refractivity contribution is 7.92. The lowest BCUT2D eigenvalue weighted by atomic mass is 9.96. The molecule has 2 aromatic carbocycles. The van der Waals surface area contributed by atoms with Crippen molar-refractivity contribution in [1.29, 1.82) is 5.26 Å². The molecule has 1 fully saturated rings. The number of carbonyl (C=O) groups is 1. The zero-order valence-corrected chi connectivity index (χ0v) is 18.3. The molecule has 0 aromatic heterocycles. The molecular formula is C21H20Cl2N2O4S. The number of hydrogen-bond acceptors (Lipinski definition) is 5. The van der Waals surface area contributed by atoms with Crippen molar-refractivity contribution in [3.8, 4) is 11.8 Å². The van der Waals surface area contributed by atoms with Crippen LogP contribution in [0.2, 0.25) is 10.0 Å².